The molecule has 2 nitrogen and oxygen atoms in total. The highest BCUT2D eigenvalue weighted by molar-refractivity contribution is 8.00. The van der Waals surface area contributed by atoms with Gasteiger partial charge >= 0.3 is 6.61 Å². The Morgan fingerprint density at radius 1 is 1.24 bits per heavy atom. The van der Waals surface area contributed by atoms with Crippen LogP contribution in [0.2, 0.25) is 0 Å². The summed E-state index contributed by atoms with van der Waals surface area (Å²) >= 11 is 1.82. The molecule has 1 aromatic rings. The average molecular weight is 318 g/mol. The predicted molar refractivity (Wildman–Crippen MR) is 75.2 cm³/mol. The molecule has 116 valence electrons. The van der Waals surface area contributed by atoms with Crippen molar-refractivity contribution in [3.8, 4) is 5.75 Å². The molecular formula is C15H17F3O2S. The van der Waals surface area contributed by atoms with Crippen molar-refractivity contribution in [1.82, 2.24) is 0 Å². The SMILES string of the molecule is OC1(c2c(F)cccc2OC(F)F)CC2CCCC(C1)S2. The second kappa shape index (κ2) is 5.72. The molecule has 0 radical (unpaired) electrons. The van der Waals surface area contributed by atoms with Gasteiger partial charge in [0, 0.05) is 10.5 Å². The molecule has 21 heavy (non-hydrogen) atoms. The highest BCUT2D eigenvalue weighted by Crippen LogP contribution is 2.51. The summed E-state index contributed by atoms with van der Waals surface area (Å²) in [6, 6.07) is 3.79. The van der Waals surface area contributed by atoms with Crippen molar-refractivity contribution >= 4 is 11.8 Å². The maximum atomic E-state index is 14.2. The van der Waals surface area contributed by atoms with Gasteiger partial charge in [-0.2, -0.15) is 20.5 Å². The molecule has 0 aliphatic carbocycles. The Hall–Kier alpha value is -0.880. The second-order valence-electron chi connectivity index (χ2n) is 5.74. The van der Waals surface area contributed by atoms with E-state index in [-0.39, 0.29) is 21.8 Å². The molecule has 0 aromatic heterocycles. The van der Waals surface area contributed by atoms with Crippen LogP contribution in [0.25, 0.3) is 0 Å². The van der Waals surface area contributed by atoms with Gasteiger partial charge in [0.15, 0.2) is 0 Å². The van der Waals surface area contributed by atoms with Gasteiger partial charge in [-0.25, -0.2) is 4.39 Å². The van der Waals surface area contributed by atoms with Gasteiger partial charge in [0.05, 0.1) is 11.2 Å². The normalized spacial score (nSPS) is 32.2. The smallest absolute Gasteiger partial charge is 0.387 e. The van der Waals surface area contributed by atoms with Crippen molar-refractivity contribution in [3.63, 3.8) is 0 Å². The van der Waals surface area contributed by atoms with Crippen molar-refractivity contribution in [2.75, 3.05) is 0 Å². The van der Waals surface area contributed by atoms with Gasteiger partial charge in [0.1, 0.15) is 11.6 Å². The van der Waals surface area contributed by atoms with E-state index in [1.165, 1.54) is 18.2 Å². The number of hydrogen-bond acceptors (Lipinski definition) is 3. The lowest BCUT2D eigenvalue weighted by atomic mass is 9.80. The van der Waals surface area contributed by atoms with Crippen molar-refractivity contribution in [3.05, 3.63) is 29.6 Å². The lowest BCUT2D eigenvalue weighted by Crippen LogP contribution is -2.41. The fraction of sp³-hybridized carbons (Fsp3) is 0.600. The van der Waals surface area contributed by atoms with Crippen LogP contribution < -0.4 is 4.74 Å². The molecule has 2 atom stereocenters. The number of benzene rings is 1. The lowest BCUT2D eigenvalue weighted by molar-refractivity contribution is -0.0570. The fourth-order valence-corrected chi connectivity index (χ4v) is 5.37. The van der Waals surface area contributed by atoms with Crippen LogP contribution >= 0.6 is 11.8 Å². The van der Waals surface area contributed by atoms with Crippen LogP contribution in [0.15, 0.2) is 18.2 Å². The number of alkyl halides is 2. The zero-order chi connectivity index (χ0) is 15.0. The third-order valence-electron chi connectivity index (χ3n) is 4.22. The molecule has 2 aliphatic heterocycles. The Kier molecular flexibility index (Phi) is 4.10. The van der Waals surface area contributed by atoms with E-state index < -0.39 is 18.0 Å². The Morgan fingerprint density at radius 2 is 1.90 bits per heavy atom. The number of thioether (sulfide) groups is 1. The second-order valence-corrected chi connectivity index (χ2v) is 7.35. The third-order valence-corrected chi connectivity index (χ3v) is 5.80. The van der Waals surface area contributed by atoms with Crippen LogP contribution in [-0.4, -0.2) is 22.2 Å². The first kappa shape index (κ1) is 15.0. The van der Waals surface area contributed by atoms with Gasteiger partial charge in [0.25, 0.3) is 0 Å². The predicted octanol–water partition coefficient (Wildman–Crippen LogP) is 4.06. The van der Waals surface area contributed by atoms with Gasteiger partial charge in [-0.05, 0) is 37.8 Å². The first-order valence-corrected chi connectivity index (χ1v) is 8.04. The molecule has 1 aromatic carbocycles. The van der Waals surface area contributed by atoms with Crippen LogP contribution in [0.5, 0.6) is 5.75 Å². The molecule has 2 aliphatic rings. The number of aliphatic hydroxyl groups is 1. The van der Waals surface area contributed by atoms with Crippen molar-refractivity contribution < 1.29 is 23.0 Å². The zero-order valence-corrected chi connectivity index (χ0v) is 12.2. The Balaban J connectivity index is 1.98. The van der Waals surface area contributed by atoms with Gasteiger partial charge in [-0.15, -0.1) is 0 Å². The largest absolute Gasteiger partial charge is 0.434 e. The Bertz CT molecular complexity index is 512. The molecule has 2 fully saturated rings. The van der Waals surface area contributed by atoms with E-state index in [9.17, 15) is 18.3 Å². The molecule has 2 unspecified atom stereocenters. The summed E-state index contributed by atoms with van der Waals surface area (Å²) in [5.74, 6) is -0.932. The lowest BCUT2D eigenvalue weighted by Gasteiger charge is -2.44. The van der Waals surface area contributed by atoms with E-state index in [1.54, 1.807) is 0 Å². The number of rotatable bonds is 3. The number of ether oxygens (including phenoxy) is 1. The minimum Gasteiger partial charge on any atom is -0.434 e. The van der Waals surface area contributed by atoms with Crippen LogP contribution in [0.1, 0.15) is 37.7 Å². The highest BCUT2D eigenvalue weighted by Gasteiger charge is 2.45. The van der Waals surface area contributed by atoms with Crippen LogP contribution in [-0.2, 0) is 5.60 Å². The van der Waals surface area contributed by atoms with E-state index >= 15 is 0 Å². The van der Waals surface area contributed by atoms with Crippen LogP contribution in [0, 0.1) is 5.82 Å². The first-order valence-electron chi connectivity index (χ1n) is 7.09. The van der Waals surface area contributed by atoms with Gasteiger partial charge < -0.3 is 9.84 Å². The molecule has 3 rings (SSSR count). The molecule has 6 heteroatoms. The quantitative estimate of drug-likeness (QED) is 0.911. The minimum atomic E-state index is -3.04. The maximum Gasteiger partial charge on any atom is 0.387 e. The van der Waals surface area contributed by atoms with Crippen LogP contribution in [0.4, 0.5) is 13.2 Å². The molecule has 0 spiro atoms. The maximum absolute atomic E-state index is 14.2. The first-order chi connectivity index (χ1) is 9.98. The number of fused-ring (bicyclic) bond motifs is 2. The van der Waals surface area contributed by atoms with Crippen molar-refractivity contribution in [2.24, 2.45) is 0 Å². The topological polar surface area (TPSA) is 29.5 Å². The van der Waals surface area contributed by atoms with E-state index in [1.807, 2.05) is 11.8 Å². The molecule has 2 saturated heterocycles. The molecule has 0 saturated carbocycles. The van der Waals surface area contributed by atoms with Gasteiger partial charge in [0.2, 0.25) is 0 Å². The Morgan fingerprint density at radius 3 is 2.52 bits per heavy atom. The zero-order valence-electron chi connectivity index (χ0n) is 11.4. The Labute approximate surface area is 125 Å². The molecule has 0 amide bonds. The monoisotopic (exact) mass is 318 g/mol. The van der Waals surface area contributed by atoms with Gasteiger partial charge in [-0.3, -0.25) is 0 Å². The highest BCUT2D eigenvalue weighted by atomic mass is 32.2. The van der Waals surface area contributed by atoms with Crippen molar-refractivity contribution in [1.29, 1.82) is 0 Å². The average Bonchev–Trinajstić information content (AvgIpc) is 2.36. The molecule has 2 heterocycles. The van der Waals surface area contributed by atoms with Gasteiger partial charge in [-0.1, -0.05) is 12.5 Å². The summed E-state index contributed by atoms with van der Waals surface area (Å²) in [6.45, 7) is -3.04. The standard InChI is InChI=1S/C15H17F3O2S/c16-11-5-2-6-12(20-14(17)18)13(11)15(19)7-9-3-1-4-10(8-15)21-9/h2,5-6,9-10,14,19H,1,3-4,7-8H2. The summed E-state index contributed by atoms with van der Waals surface area (Å²) in [4.78, 5) is 0. The molecule has 1 N–H and O–H groups in total. The molecule has 2 bridgehead atoms. The summed E-state index contributed by atoms with van der Waals surface area (Å²) in [7, 11) is 0. The summed E-state index contributed by atoms with van der Waals surface area (Å²) < 4.78 is 43.7. The summed E-state index contributed by atoms with van der Waals surface area (Å²) in [5, 5.41) is 11.4. The van der Waals surface area contributed by atoms with E-state index in [0.29, 0.717) is 12.8 Å². The molecular weight excluding hydrogens is 301 g/mol. The minimum absolute atomic E-state index is 0.109. The van der Waals surface area contributed by atoms with E-state index in [4.69, 9.17) is 0 Å². The fourth-order valence-electron chi connectivity index (χ4n) is 3.47. The number of halogens is 3. The van der Waals surface area contributed by atoms with Crippen molar-refractivity contribution in [2.45, 2.75) is 54.8 Å². The summed E-state index contributed by atoms with van der Waals surface area (Å²) in [5.41, 5.74) is -1.53. The number of hydrogen-bond donors (Lipinski definition) is 1. The third kappa shape index (κ3) is 3.01. The summed E-state index contributed by atoms with van der Waals surface area (Å²) in [6.07, 6.45) is 3.82. The van der Waals surface area contributed by atoms with E-state index in [2.05, 4.69) is 4.74 Å². The van der Waals surface area contributed by atoms with Crippen LogP contribution in [0.3, 0.4) is 0 Å². The van der Waals surface area contributed by atoms with E-state index in [0.717, 1.165) is 19.3 Å².